The number of phenols is 1. The molecular weight excluding hydrogens is 891 g/mol. The highest BCUT2D eigenvalue weighted by atomic mass is 32.3. The quantitative estimate of drug-likeness (QED) is 0.0617. The summed E-state index contributed by atoms with van der Waals surface area (Å²) in [5, 5.41) is 28.2. The third-order valence-corrected chi connectivity index (χ3v) is 12.7. The number of azo groups is 2. The van der Waals surface area contributed by atoms with Crippen LogP contribution in [0, 0.1) is 0 Å². The number of sulfone groups is 2. The van der Waals surface area contributed by atoms with Crippen LogP contribution in [0.3, 0.4) is 0 Å². The molecule has 0 radical (unpaired) electrons. The summed E-state index contributed by atoms with van der Waals surface area (Å²) in [4.78, 5) is -2.00. The fourth-order valence-electron chi connectivity index (χ4n) is 4.58. The van der Waals surface area contributed by atoms with Gasteiger partial charge in [0.05, 0.1) is 45.9 Å². The number of benzene rings is 4. The molecule has 0 aromatic heterocycles. The summed E-state index contributed by atoms with van der Waals surface area (Å²) in [6.45, 7) is -1.90. The first-order chi connectivity index (χ1) is 26.2. The molecule has 57 heavy (non-hydrogen) atoms. The lowest BCUT2D eigenvalue weighted by atomic mass is 10.1. The topological polar surface area (TPSA) is 386 Å². The van der Waals surface area contributed by atoms with Crippen molar-refractivity contribution in [3.05, 3.63) is 66.7 Å². The highest BCUT2D eigenvalue weighted by Gasteiger charge is 2.26. The molecule has 0 fully saturated rings. The number of rotatable bonds is 18. The van der Waals surface area contributed by atoms with Gasteiger partial charge < -0.3 is 10.4 Å². The monoisotopic (exact) mass is 917 g/mol. The number of phenolic OH excluding ortho intramolecular Hbond substituents is 1. The summed E-state index contributed by atoms with van der Waals surface area (Å²) >= 11 is 0. The van der Waals surface area contributed by atoms with E-state index in [1.807, 2.05) is 0 Å². The van der Waals surface area contributed by atoms with Crippen LogP contribution >= 0.6 is 0 Å². The van der Waals surface area contributed by atoms with Gasteiger partial charge in [0.2, 0.25) is 0 Å². The van der Waals surface area contributed by atoms with Gasteiger partial charge in [-0.2, -0.15) is 38.8 Å². The van der Waals surface area contributed by atoms with Crippen LogP contribution in [0.15, 0.2) is 102 Å². The molecule has 4 aromatic carbocycles. The van der Waals surface area contributed by atoms with E-state index in [1.54, 1.807) is 0 Å². The van der Waals surface area contributed by atoms with E-state index in [0.717, 1.165) is 48.5 Å². The Labute approximate surface area is 324 Å². The number of hydrogen-bond acceptors (Lipinski definition) is 20. The molecule has 24 nitrogen and oxygen atoms in total. The first-order valence-electron chi connectivity index (χ1n) is 14.9. The van der Waals surface area contributed by atoms with Gasteiger partial charge in [-0.15, -0.1) is 15.3 Å². The lowest BCUT2D eigenvalue weighted by Crippen LogP contribution is -2.15. The molecule has 0 aliphatic carbocycles. The maximum Gasteiger partial charge on any atom is 0.397 e. The second kappa shape index (κ2) is 17.1. The van der Waals surface area contributed by atoms with Crippen molar-refractivity contribution in [2.24, 2.45) is 20.5 Å². The average molecular weight is 918 g/mol. The minimum absolute atomic E-state index is 0.138. The van der Waals surface area contributed by atoms with Crippen molar-refractivity contribution in [1.82, 2.24) is 0 Å². The third kappa shape index (κ3) is 12.7. The van der Waals surface area contributed by atoms with Crippen molar-refractivity contribution in [3.8, 4) is 5.75 Å². The third-order valence-electron chi connectivity index (χ3n) is 7.02. The highest BCUT2D eigenvalue weighted by Crippen LogP contribution is 2.46. The first kappa shape index (κ1) is 45.1. The van der Waals surface area contributed by atoms with Crippen LogP contribution in [0.25, 0.3) is 10.8 Å². The summed E-state index contributed by atoms with van der Waals surface area (Å²) in [6.07, 6.45) is 0. The minimum atomic E-state index is -5.32. The van der Waals surface area contributed by atoms with Gasteiger partial charge in [0.1, 0.15) is 27.8 Å². The Morgan fingerprint density at radius 1 is 0.579 bits per heavy atom. The van der Waals surface area contributed by atoms with E-state index in [1.165, 1.54) is 12.1 Å². The zero-order valence-corrected chi connectivity index (χ0v) is 33.0. The standard InChI is InChI=1S/C27H27N5O19S6/c33-27-19-9-10-22(28-16-54(38,39)40)25(31-30-21-3-1-2-4-23(21)53(36,37)14-12-51-57(47,48)49)20(19)15-24(55(41,42)43)26(27)32-29-17-5-7-18(8-6-17)52(34,35)13-11-50-56(44,45)46/h1-10,15,28,33H,11-14,16H2,(H,38,39,40)(H,41,42,43)(H,44,45,46)(H,47,48,49)/b31-30+,32-29+. The van der Waals surface area contributed by atoms with E-state index in [0.29, 0.717) is 6.07 Å². The Hall–Kier alpha value is -4.60. The second-order valence-corrected chi connectivity index (χ2v) is 20.2. The number of hydrogen-bond donors (Lipinski definition) is 6. The summed E-state index contributed by atoms with van der Waals surface area (Å²) in [5.41, 5.74) is -2.21. The largest absolute Gasteiger partial charge is 0.505 e. The lowest BCUT2D eigenvalue weighted by molar-refractivity contribution is 0.282. The van der Waals surface area contributed by atoms with E-state index < -0.39 is 129 Å². The molecule has 0 amide bonds. The Bertz CT molecular complexity index is 2940. The van der Waals surface area contributed by atoms with E-state index in [4.69, 9.17) is 9.11 Å². The molecule has 0 aliphatic heterocycles. The minimum Gasteiger partial charge on any atom is -0.505 e. The SMILES string of the molecule is O=S(=O)(O)CNc1ccc2c(O)c(/N=N/c3ccc(S(=O)(=O)CCOS(=O)(=O)O)cc3)c(S(=O)(=O)O)cc2c1/N=N/c1ccccc1S(=O)(=O)CCOS(=O)(=O)O. The van der Waals surface area contributed by atoms with Crippen molar-refractivity contribution in [1.29, 1.82) is 0 Å². The van der Waals surface area contributed by atoms with Crippen LogP contribution < -0.4 is 5.32 Å². The number of nitrogens with zero attached hydrogens (tertiary/aromatic N) is 4. The molecule has 0 atom stereocenters. The van der Waals surface area contributed by atoms with Gasteiger partial charge in [0, 0.05) is 10.8 Å². The van der Waals surface area contributed by atoms with Gasteiger partial charge in [-0.1, -0.05) is 12.1 Å². The van der Waals surface area contributed by atoms with E-state index in [9.17, 15) is 64.7 Å². The molecule has 30 heteroatoms. The predicted octanol–water partition coefficient (Wildman–Crippen LogP) is 3.07. The van der Waals surface area contributed by atoms with Crippen molar-refractivity contribution < 1.29 is 82.2 Å². The van der Waals surface area contributed by atoms with Gasteiger partial charge in [0.15, 0.2) is 25.4 Å². The van der Waals surface area contributed by atoms with Crippen molar-refractivity contribution in [3.63, 3.8) is 0 Å². The molecule has 0 unspecified atom stereocenters. The normalized spacial score (nSPS) is 13.5. The van der Waals surface area contributed by atoms with Crippen molar-refractivity contribution in [2.75, 3.05) is 35.9 Å². The molecule has 4 aromatic rings. The first-order valence-corrected chi connectivity index (χ1v) is 24.0. The van der Waals surface area contributed by atoms with Crippen LogP contribution in [0.1, 0.15) is 0 Å². The second-order valence-electron chi connectivity index (χ2n) is 11.0. The molecule has 0 spiro atoms. The summed E-state index contributed by atoms with van der Waals surface area (Å²) < 4.78 is 187. The van der Waals surface area contributed by atoms with Crippen LogP contribution in [0.4, 0.5) is 28.4 Å². The number of anilines is 1. The summed E-state index contributed by atoms with van der Waals surface area (Å²) in [7, 11) is -28.5. The van der Waals surface area contributed by atoms with Crippen LogP contribution in [-0.4, -0.2) is 104 Å². The van der Waals surface area contributed by atoms with Crippen LogP contribution in [0.5, 0.6) is 5.75 Å². The molecule has 310 valence electrons. The fourth-order valence-corrected chi connectivity index (χ4v) is 8.69. The molecule has 0 saturated heterocycles. The number of aromatic hydroxyl groups is 1. The predicted molar refractivity (Wildman–Crippen MR) is 196 cm³/mol. The number of fused-ring (bicyclic) bond motifs is 1. The zero-order valence-electron chi connectivity index (χ0n) is 28.1. The van der Waals surface area contributed by atoms with Gasteiger partial charge in [0.25, 0.3) is 20.2 Å². The van der Waals surface area contributed by atoms with E-state index in [-0.39, 0.29) is 21.7 Å². The van der Waals surface area contributed by atoms with E-state index >= 15 is 0 Å². The Balaban J connectivity index is 1.83. The summed E-state index contributed by atoms with van der Waals surface area (Å²) in [6, 6.07) is 11.8. The molecular formula is C27H27N5O19S6. The fraction of sp³-hybridized carbons (Fsp3) is 0.185. The molecule has 0 aliphatic rings. The van der Waals surface area contributed by atoms with Crippen LogP contribution in [0.2, 0.25) is 0 Å². The van der Waals surface area contributed by atoms with Gasteiger partial charge in [-0.05, 0) is 54.6 Å². The van der Waals surface area contributed by atoms with Crippen molar-refractivity contribution in [2.45, 2.75) is 14.7 Å². The molecule has 6 N–H and O–H groups in total. The van der Waals surface area contributed by atoms with Gasteiger partial charge >= 0.3 is 20.8 Å². The maximum absolute atomic E-state index is 13.0. The smallest absolute Gasteiger partial charge is 0.397 e. The molecule has 0 bridgehead atoms. The zero-order chi connectivity index (χ0) is 42.6. The number of nitrogens with one attached hydrogen (secondary N) is 1. The molecule has 0 saturated carbocycles. The Morgan fingerprint density at radius 3 is 1.70 bits per heavy atom. The molecule has 0 heterocycles. The highest BCUT2D eigenvalue weighted by molar-refractivity contribution is 7.92. The maximum atomic E-state index is 13.0. The van der Waals surface area contributed by atoms with E-state index in [2.05, 4.69) is 34.1 Å². The lowest BCUT2D eigenvalue weighted by Gasteiger charge is -2.14. The van der Waals surface area contributed by atoms with Crippen LogP contribution in [-0.2, 0) is 69.1 Å². The Kier molecular flexibility index (Phi) is 13.5. The van der Waals surface area contributed by atoms with Crippen molar-refractivity contribution >= 4 is 99.9 Å². The Morgan fingerprint density at radius 2 is 1.14 bits per heavy atom. The van der Waals surface area contributed by atoms with Gasteiger partial charge in [-0.25, -0.2) is 25.2 Å². The van der Waals surface area contributed by atoms with Gasteiger partial charge in [-0.3, -0.25) is 18.2 Å². The summed E-state index contributed by atoms with van der Waals surface area (Å²) in [5.74, 6) is -3.95. The molecule has 4 rings (SSSR count). The average Bonchev–Trinajstić information content (AvgIpc) is 3.07.